The number of imidazole rings is 1. The maximum Gasteiger partial charge on any atom is 0.257 e. The Bertz CT molecular complexity index is 1410. The predicted octanol–water partition coefficient (Wildman–Crippen LogP) is 2.84. The molecule has 3 aromatic heterocycles. The number of anilines is 2. The van der Waals surface area contributed by atoms with Gasteiger partial charge in [-0.2, -0.15) is 0 Å². The molecule has 2 N–H and O–H groups in total. The Morgan fingerprint density at radius 1 is 1.18 bits per heavy atom. The van der Waals surface area contributed by atoms with E-state index in [0.29, 0.717) is 34.4 Å². The summed E-state index contributed by atoms with van der Waals surface area (Å²) >= 11 is 0. The summed E-state index contributed by atoms with van der Waals surface area (Å²) in [6, 6.07) is 5.50. The van der Waals surface area contributed by atoms with Gasteiger partial charge in [0, 0.05) is 56.0 Å². The van der Waals surface area contributed by atoms with Crippen LogP contribution in [0.4, 0.5) is 15.8 Å². The van der Waals surface area contributed by atoms with Gasteiger partial charge in [0.25, 0.3) is 5.91 Å². The molecule has 1 amide bonds. The molecule has 5 rings (SSSR count). The highest BCUT2D eigenvalue weighted by atomic mass is 19.1. The van der Waals surface area contributed by atoms with Crippen LogP contribution in [0.5, 0.6) is 0 Å². The van der Waals surface area contributed by atoms with Crippen molar-refractivity contribution in [3.63, 3.8) is 0 Å². The molecule has 1 aromatic carbocycles. The van der Waals surface area contributed by atoms with Crippen molar-refractivity contribution in [3.8, 4) is 12.3 Å². The van der Waals surface area contributed by atoms with Gasteiger partial charge in [-0.15, -0.1) is 6.42 Å². The number of nitrogens with one attached hydrogen (secondary N) is 2. The second-order valence-electron chi connectivity index (χ2n) is 8.29. The molecule has 0 spiro atoms. The van der Waals surface area contributed by atoms with Crippen molar-refractivity contribution in [1.29, 1.82) is 0 Å². The summed E-state index contributed by atoms with van der Waals surface area (Å²) in [6.45, 7) is 5.93. The van der Waals surface area contributed by atoms with Crippen LogP contribution in [0, 0.1) is 18.2 Å². The smallest absolute Gasteiger partial charge is 0.257 e. The first-order chi connectivity index (χ1) is 15.9. The zero-order chi connectivity index (χ0) is 23.1. The lowest BCUT2D eigenvalue weighted by molar-refractivity contribution is 0.102. The van der Waals surface area contributed by atoms with Crippen molar-refractivity contribution >= 4 is 34.0 Å². The van der Waals surface area contributed by atoms with Crippen molar-refractivity contribution in [2.24, 2.45) is 0 Å². The molecule has 0 aliphatic carbocycles. The van der Waals surface area contributed by atoms with E-state index >= 15 is 0 Å². The highest BCUT2D eigenvalue weighted by molar-refractivity contribution is 6.13. The van der Waals surface area contributed by atoms with E-state index in [1.165, 1.54) is 16.7 Å². The van der Waals surface area contributed by atoms with Crippen LogP contribution in [0.1, 0.15) is 29.9 Å². The van der Waals surface area contributed by atoms with Crippen molar-refractivity contribution in [1.82, 2.24) is 24.7 Å². The van der Waals surface area contributed by atoms with Crippen LogP contribution < -0.4 is 15.5 Å². The fourth-order valence-electron chi connectivity index (χ4n) is 4.40. The lowest BCUT2D eigenvalue weighted by atomic mass is 10.1. The Kier molecular flexibility index (Phi) is 5.15. The topological polar surface area (TPSA) is 87.5 Å². The van der Waals surface area contributed by atoms with Crippen molar-refractivity contribution in [3.05, 3.63) is 60.1 Å². The van der Waals surface area contributed by atoms with Crippen LogP contribution in [0.3, 0.4) is 0 Å². The number of pyridine rings is 1. The quantitative estimate of drug-likeness (QED) is 0.474. The molecule has 33 heavy (non-hydrogen) atoms. The Morgan fingerprint density at radius 3 is 2.64 bits per heavy atom. The van der Waals surface area contributed by atoms with Crippen LogP contribution in [-0.4, -0.2) is 50.4 Å². The number of fused-ring (bicyclic) bond motifs is 2. The SMILES string of the molecule is C#Cc1cn2cc(NC(=O)c3ccc(N4C[C@@H](C)N[C@@H](C)C4)c4nccnc34)cc(F)c2n1. The molecular formula is C24H22FN7O. The number of carbonyl (C=O) groups excluding carboxylic acids is 1. The summed E-state index contributed by atoms with van der Waals surface area (Å²) in [6.07, 6.45) is 11.6. The molecule has 8 nitrogen and oxygen atoms in total. The number of carbonyl (C=O) groups is 1. The molecule has 166 valence electrons. The first-order valence-electron chi connectivity index (χ1n) is 10.6. The number of piperazine rings is 1. The Labute approximate surface area is 189 Å². The summed E-state index contributed by atoms with van der Waals surface area (Å²) in [5.74, 6) is 1.38. The highest BCUT2D eigenvalue weighted by Crippen LogP contribution is 2.29. The van der Waals surface area contributed by atoms with E-state index in [4.69, 9.17) is 6.42 Å². The molecule has 2 atom stereocenters. The predicted molar refractivity (Wildman–Crippen MR) is 125 cm³/mol. The molecule has 1 aliphatic heterocycles. The Morgan fingerprint density at radius 2 is 1.91 bits per heavy atom. The lowest BCUT2D eigenvalue weighted by Gasteiger charge is -2.38. The van der Waals surface area contributed by atoms with Crippen LogP contribution >= 0.6 is 0 Å². The second-order valence-corrected chi connectivity index (χ2v) is 8.29. The zero-order valence-electron chi connectivity index (χ0n) is 18.2. The van der Waals surface area contributed by atoms with Crippen molar-refractivity contribution in [2.75, 3.05) is 23.3 Å². The number of halogens is 1. The van der Waals surface area contributed by atoms with Crippen LogP contribution in [0.2, 0.25) is 0 Å². The van der Waals surface area contributed by atoms with Crippen molar-refractivity contribution in [2.45, 2.75) is 25.9 Å². The van der Waals surface area contributed by atoms with Gasteiger partial charge in [0.05, 0.1) is 16.9 Å². The number of hydrogen-bond donors (Lipinski definition) is 2. The first-order valence-corrected chi connectivity index (χ1v) is 10.6. The molecule has 1 saturated heterocycles. The summed E-state index contributed by atoms with van der Waals surface area (Å²) in [5, 5.41) is 6.27. The molecule has 1 fully saturated rings. The number of terminal acetylenes is 1. The first kappa shape index (κ1) is 20.8. The van der Waals surface area contributed by atoms with Crippen LogP contribution in [-0.2, 0) is 0 Å². The monoisotopic (exact) mass is 443 g/mol. The number of amides is 1. The van der Waals surface area contributed by atoms with Gasteiger partial charge in [0.1, 0.15) is 16.7 Å². The molecule has 4 heterocycles. The lowest BCUT2D eigenvalue weighted by Crippen LogP contribution is -2.54. The maximum atomic E-state index is 14.5. The van der Waals surface area contributed by atoms with Gasteiger partial charge in [-0.1, -0.05) is 0 Å². The van der Waals surface area contributed by atoms with Crippen LogP contribution in [0.15, 0.2) is 43.0 Å². The van der Waals surface area contributed by atoms with Gasteiger partial charge in [0.2, 0.25) is 0 Å². The van der Waals surface area contributed by atoms with Crippen molar-refractivity contribution < 1.29 is 9.18 Å². The van der Waals surface area contributed by atoms with Gasteiger partial charge in [0.15, 0.2) is 11.5 Å². The van der Waals surface area contributed by atoms with E-state index in [0.717, 1.165) is 18.8 Å². The molecule has 0 saturated carbocycles. The number of nitrogens with zero attached hydrogens (tertiary/aromatic N) is 5. The average molecular weight is 443 g/mol. The number of benzene rings is 1. The van der Waals surface area contributed by atoms with E-state index in [1.54, 1.807) is 24.7 Å². The highest BCUT2D eigenvalue weighted by Gasteiger charge is 2.24. The largest absolute Gasteiger partial charge is 0.367 e. The standard InChI is InChI=1S/C24H22FN7O/c1-4-16-12-32-13-17(9-19(25)23(32)29-16)30-24(33)18-5-6-20(22-21(18)26-7-8-27-22)31-10-14(2)28-15(3)11-31/h1,5-9,12-15,28H,10-11H2,2-3H3,(H,30,33)/t14-,15+. The minimum absolute atomic E-state index is 0.0982. The summed E-state index contributed by atoms with van der Waals surface area (Å²) in [4.78, 5) is 28.4. The molecule has 0 bridgehead atoms. The van der Waals surface area contributed by atoms with E-state index in [-0.39, 0.29) is 11.3 Å². The minimum atomic E-state index is -0.587. The molecule has 9 heteroatoms. The third-order valence-electron chi connectivity index (χ3n) is 5.66. The fourth-order valence-corrected chi connectivity index (χ4v) is 4.40. The van der Waals surface area contributed by atoms with Gasteiger partial charge < -0.3 is 19.9 Å². The van der Waals surface area contributed by atoms with E-state index in [2.05, 4.69) is 50.3 Å². The van der Waals surface area contributed by atoms with Gasteiger partial charge in [-0.3, -0.25) is 14.8 Å². The summed E-state index contributed by atoms with van der Waals surface area (Å²) in [7, 11) is 0. The van der Waals surface area contributed by atoms with Gasteiger partial charge in [-0.25, -0.2) is 9.37 Å². The zero-order valence-corrected chi connectivity index (χ0v) is 18.2. The third-order valence-corrected chi connectivity index (χ3v) is 5.66. The summed E-state index contributed by atoms with van der Waals surface area (Å²) in [5.41, 5.74) is 3.12. The van der Waals surface area contributed by atoms with E-state index in [9.17, 15) is 9.18 Å². The summed E-state index contributed by atoms with van der Waals surface area (Å²) < 4.78 is 15.9. The molecule has 0 radical (unpaired) electrons. The van der Waals surface area contributed by atoms with E-state index in [1.807, 2.05) is 6.07 Å². The van der Waals surface area contributed by atoms with Crippen LogP contribution in [0.25, 0.3) is 16.7 Å². The third kappa shape index (κ3) is 3.85. The number of hydrogen-bond acceptors (Lipinski definition) is 6. The molecule has 0 unspecified atom stereocenters. The van der Waals surface area contributed by atoms with Gasteiger partial charge >= 0.3 is 0 Å². The Hall–Kier alpha value is -4.03. The Balaban J connectivity index is 1.50. The molecular weight excluding hydrogens is 421 g/mol. The average Bonchev–Trinajstić information content (AvgIpc) is 3.21. The van der Waals surface area contributed by atoms with E-state index < -0.39 is 11.7 Å². The number of aromatic nitrogens is 4. The fraction of sp³-hybridized carbons (Fsp3) is 0.250. The molecule has 4 aromatic rings. The maximum absolute atomic E-state index is 14.5. The second kappa shape index (κ2) is 8.15. The minimum Gasteiger partial charge on any atom is -0.367 e. The molecule has 1 aliphatic rings. The normalized spacial score (nSPS) is 18.4. The van der Waals surface area contributed by atoms with Gasteiger partial charge in [-0.05, 0) is 31.9 Å². The number of rotatable bonds is 3.